The van der Waals surface area contributed by atoms with E-state index in [1.54, 1.807) is 0 Å². The van der Waals surface area contributed by atoms with Crippen LogP contribution in [0.2, 0.25) is 0 Å². The topological polar surface area (TPSA) is 70.0 Å². The minimum Gasteiger partial charge on any atom is -0.391 e. The number of β-amino-alcohol motifs (C(OH)–C–C–N with tert-alkyl or cyclic N) is 1. The summed E-state index contributed by atoms with van der Waals surface area (Å²) in [5, 5.41) is 17.4. The highest BCUT2D eigenvalue weighted by Gasteiger charge is 2.32. The minimum absolute atomic E-state index is 0.248. The Morgan fingerprint density at radius 1 is 1.45 bits per heavy atom. The third-order valence-electron chi connectivity index (χ3n) is 4.00. The second kappa shape index (κ2) is 5.38. The molecule has 2 N–H and O–H groups in total. The summed E-state index contributed by atoms with van der Waals surface area (Å²) >= 11 is 0. The number of aliphatic hydroxyl groups excluding tert-OH is 1. The van der Waals surface area contributed by atoms with Crippen LogP contribution in [-0.2, 0) is 20.0 Å². The van der Waals surface area contributed by atoms with Crippen molar-refractivity contribution in [3.8, 4) is 0 Å². The largest absolute Gasteiger partial charge is 0.391 e. The van der Waals surface area contributed by atoms with Gasteiger partial charge in [-0.05, 0) is 19.4 Å². The van der Waals surface area contributed by atoms with Gasteiger partial charge in [-0.1, -0.05) is 0 Å². The number of aryl methyl sites for hydroxylation is 2. The molecule has 0 saturated carbocycles. The number of hydrogen-bond acceptors (Lipinski definition) is 4. The van der Waals surface area contributed by atoms with Gasteiger partial charge < -0.3 is 9.67 Å². The van der Waals surface area contributed by atoms with Gasteiger partial charge in [-0.15, -0.1) is 0 Å². The molecule has 1 fully saturated rings. The summed E-state index contributed by atoms with van der Waals surface area (Å²) in [6, 6.07) is 2.05. The molecule has 2 aromatic rings. The first-order valence-corrected chi connectivity index (χ1v) is 6.99. The zero-order chi connectivity index (χ0) is 14.1. The van der Waals surface area contributed by atoms with Gasteiger partial charge in [0, 0.05) is 44.1 Å². The van der Waals surface area contributed by atoms with Gasteiger partial charge in [-0.25, -0.2) is 4.98 Å². The zero-order valence-electron chi connectivity index (χ0n) is 12.0. The molecule has 0 aromatic carbocycles. The lowest BCUT2D eigenvalue weighted by molar-refractivity contribution is 0.140. The van der Waals surface area contributed by atoms with Crippen molar-refractivity contribution in [3.63, 3.8) is 0 Å². The SMILES string of the molecule is Cc1cc(C[C@@H]2CN(Cc3nccn3C)C[C@@H]2O)n[nH]1. The summed E-state index contributed by atoms with van der Waals surface area (Å²) in [5.74, 6) is 1.28. The average Bonchev–Trinajstić information content (AvgIpc) is 3.06. The normalized spacial score (nSPS) is 23.6. The summed E-state index contributed by atoms with van der Waals surface area (Å²) in [5.41, 5.74) is 2.10. The number of likely N-dealkylation sites (tertiary alicyclic amines) is 1. The van der Waals surface area contributed by atoms with E-state index in [0.717, 1.165) is 36.7 Å². The Bertz CT molecular complexity index is 576. The summed E-state index contributed by atoms with van der Waals surface area (Å²) in [4.78, 5) is 6.60. The van der Waals surface area contributed by atoms with Crippen molar-refractivity contribution in [3.05, 3.63) is 35.7 Å². The summed E-state index contributed by atoms with van der Waals surface area (Å²) < 4.78 is 2.02. The molecule has 108 valence electrons. The third kappa shape index (κ3) is 2.76. The Morgan fingerprint density at radius 2 is 2.30 bits per heavy atom. The lowest BCUT2D eigenvalue weighted by Gasteiger charge is -2.14. The number of nitrogens with one attached hydrogen (secondary N) is 1. The molecule has 1 aliphatic heterocycles. The minimum atomic E-state index is -0.285. The third-order valence-corrected chi connectivity index (χ3v) is 4.00. The van der Waals surface area contributed by atoms with Crippen LogP contribution >= 0.6 is 0 Å². The smallest absolute Gasteiger partial charge is 0.122 e. The molecule has 3 rings (SSSR count). The fourth-order valence-corrected chi connectivity index (χ4v) is 2.87. The van der Waals surface area contributed by atoms with E-state index < -0.39 is 0 Å². The van der Waals surface area contributed by atoms with Crippen LogP contribution in [0.5, 0.6) is 0 Å². The van der Waals surface area contributed by atoms with Gasteiger partial charge in [-0.2, -0.15) is 5.10 Å². The van der Waals surface area contributed by atoms with Crippen LogP contribution in [0.25, 0.3) is 0 Å². The number of H-pyrrole nitrogens is 1. The first kappa shape index (κ1) is 13.3. The summed E-state index contributed by atoms with van der Waals surface area (Å²) in [7, 11) is 2.00. The summed E-state index contributed by atoms with van der Waals surface area (Å²) in [6.45, 7) is 4.38. The van der Waals surface area contributed by atoms with Crippen LogP contribution in [0, 0.1) is 12.8 Å². The van der Waals surface area contributed by atoms with E-state index in [4.69, 9.17) is 0 Å². The molecule has 1 aliphatic rings. The Labute approximate surface area is 118 Å². The van der Waals surface area contributed by atoms with E-state index in [1.807, 2.05) is 37.0 Å². The average molecular weight is 275 g/mol. The predicted molar refractivity (Wildman–Crippen MR) is 75.0 cm³/mol. The van der Waals surface area contributed by atoms with Gasteiger partial charge in [0.2, 0.25) is 0 Å². The molecule has 0 amide bonds. The van der Waals surface area contributed by atoms with Crippen molar-refractivity contribution in [2.75, 3.05) is 13.1 Å². The molecule has 0 unspecified atom stereocenters. The van der Waals surface area contributed by atoms with Crippen LogP contribution in [0.3, 0.4) is 0 Å². The van der Waals surface area contributed by atoms with Crippen molar-refractivity contribution in [2.45, 2.75) is 26.0 Å². The highest BCUT2D eigenvalue weighted by molar-refractivity contribution is 5.08. The van der Waals surface area contributed by atoms with Crippen molar-refractivity contribution in [2.24, 2.45) is 13.0 Å². The predicted octanol–water partition coefficient (Wildman–Crippen LogP) is 0.487. The first-order valence-electron chi connectivity index (χ1n) is 6.99. The van der Waals surface area contributed by atoms with Crippen molar-refractivity contribution in [1.82, 2.24) is 24.6 Å². The lowest BCUT2D eigenvalue weighted by Crippen LogP contribution is -2.23. The Morgan fingerprint density at radius 3 is 2.95 bits per heavy atom. The molecule has 6 heteroatoms. The fraction of sp³-hybridized carbons (Fsp3) is 0.571. The molecular weight excluding hydrogens is 254 g/mol. The van der Waals surface area contributed by atoms with E-state index in [-0.39, 0.29) is 12.0 Å². The van der Waals surface area contributed by atoms with Crippen LogP contribution in [0.1, 0.15) is 17.2 Å². The lowest BCUT2D eigenvalue weighted by atomic mass is 10.0. The van der Waals surface area contributed by atoms with Crippen LogP contribution < -0.4 is 0 Å². The number of aliphatic hydroxyl groups is 1. The molecular formula is C14H21N5O. The molecule has 0 aliphatic carbocycles. The highest BCUT2D eigenvalue weighted by atomic mass is 16.3. The number of aromatic nitrogens is 4. The fourth-order valence-electron chi connectivity index (χ4n) is 2.87. The highest BCUT2D eigenvalue weighted by Crippen LogP contribution is 2.22. The van der Waals surface area contributed by atoms with Crippen LogP contribution in [-0.4, -0.2) is 48.9 Å². The maximum Gasteiger partial charge on any atom is 0.122 e. The second-order valence-electron chi connectivity index (χ2n) is 5.72. The standard InChI is InChI=1S/C14H21N5O/c1-10-5-12(17-16-10)6-11-7-19(8-13(11)20)9-14-15-3-4-18(14)2/h3-5,11,13,20H,6-9H2,1-2H3,(H,16,17)/t11-,13+/m1/s1. The number of nitrogens with zero attached hydrogens (tertiary/aromatic N) is 4. The number of imidazole rings is 1. The monoisotopic (exact) mass is 275 g/mol. The summed E-state index contributed by atoms with van der Waals surface area (Å²) in [6.07, 6.45) is 4.30. The molecule has 0 radical (unpaired) electrons. The Kier molecular flexibility index (Phi) is 3.58. The molecule has 3 heterocycles. The number of rotatable bonds is 4. The number of aromatic amines is 1. The van der Waals surface area contributed by atoms with Crippen molar-refractivity contribution < 1.29 is 5.11 Å². The van der Waals surface area contributed by atoms with Gasteiger partial charge >= 0.3 is 0 Å². The van der Waals surface area contributed by atoms with Crippen LogP contribution in [0.15, 0.2) is 18.5 Å². The van der Waals surface area contributed by atoms with Gasteiger partial charge in [0.25, 0.3) is 0 Å². The van der Waals surface area contributed by atoms with Crippen molar-refractivity contribution >= 4 is 0 Å². The van der Waals surface area contributed by atoms with Crippen LogP contribution in [0.4, 0.5) is 0 Å². The Hall–Kier alpha value is -1.66. The molecule has 20 heavy (non-hydrogen) atoms. The molecule has 2 aromatic heterocycles. The van der Waals surface area contributed by atoms with Gasteiger partial charge in [-0.3, -0.25) is 10.00 Å². The second-order valence-corrected chi connectivity index (χ2v) is 5.72. The molecule has 0 spiro atoms. The van der Waals surface area contributed by atoms with E-state index in [0.29, 0.717) is 6.54 Å². The molecule has 2 atom stereocenters. The van der Waals surface area contributed by atoms with Gasteiger partial charge in [0.05, 0.1) is 18.3 Å². The van der Waals surface area contributed by atoms with E-state index >= 15 is 0 Å². The maximum atomic E-state index is 10.2. The zero-order valence-corrected chi connectivity index (χ0v) is 12.0. The quantitative estimate of drug-likeness (QED) is 0.852. The number of hydrogen-bond donors (Lipinski definition) is 2. The molecule has 6 nitrogen and oxygen atoms in total. The van der Waals surface area contributed by atoms with E-state index in [1.165, 1.54) is 0 Å². The van der Waals surface area contributed by atoms with Crippen molar-refractivity contribution in [1.29, 1.82) is 0 Å². The van der Waals surface area contributed by atoms with Gasteiger partial charge in [0.15, 0.2) is 0 Å². The molecule has 1 saturated heterocycles. The molecule has 0 bridgehead atoms. The van der Waals surface area contributed by atoms with E-state index in [9.17, 15) is 5.11 Å². The van der Waals surface area contributed by atoms with Gasteiger partial charge in [0.1, 0.15) is 5.82 Å². The maximum absolute atomic E-state index is 10.2. The van der Waals surface area contributed by atoms with E-state index in [2.05, 4.69) is 20.1 Å². The first-order chi connectivity index (χ1) is 9.61. The Balaban J connectivity index is 1.60.